The molecule has 7 nitrogen and oxygen atoms in total. The fourth-order valence-electron chi connectivity index (χ4n) is 2.81. The van der Waals surface area contributed by atoms with E-state index in [-0.39, 0.29) is 10.8 Å². The van der Waals surface area contributed by atoms with Gasteiger partial charge in [-0.3, -0.25) is 4.79 Å². The Balaban J connectivity index is 1.82. The van der Waals surface area contributed by atoms with E-state index in [4.69, 9.17) is 9.47 Å². The molecule has 1 saturated heterocycles. The van der Waals surface area contributed by atoms with Gasteiger partial charge in [-0.25, -0.2) is 8.42 Å². The van der Waals surface area contributed by atoms with Crippen LogP contribution in [-0.4, -0.2) is 51.0 Å². The molecule has 0 radical (unpaired) electrons. The number of carbonyl (C=O) groups is 1. The molecule has 1 aromatic carbocycles. The molecule has 24 heavy (non-hydrogen) atoms. The molecule has 0 aromatic heterocycles. The topological polar surface area (TPSA) is 84.9 Å². The average molecular weight is 354 g/mol. The number of nitrogens with one attached hydrogen (secondary N) is 1. The predicted octanol–water partition coefficient (Wildman–Crippen LogP) is 1.60. The van der Waals surface area contributed by atoms with Crippen molar-refractivity contribution in [2.45, 2.75) is 37.2 Å². The number of nitrogens with zero attached hydrogens (tertiary/aromatic N) is 1. The molecule has 1 aromatic rings. The van der Waals surface area contributed by atoms with Gasteiger partial charge in [-0.1, -0.05) is 13.3 Å². The van der Waals surface area contributed by atoms with Gasteiger partial charge in [0.25, 0.3) is 5.91 Å². The number of morpholine rings is 1. The van der Waals surface area contributed by atoms with Crippen LogP contribution >= 0.6 is 0 Å². The molecule has 2 heterocycles. The fraction of sp³-hybridized carbons (Fsp3) is 0.562. The van der Waals surface area contributed by atoms with Gasteiger partial charge in [0, 0.05) is 13.1 Å². The summed E-state index contributed by atoms with van der Waals surface area (Å²) in [6.45, 7) is 3.51. The number of carbonyl (C=O) groups excluding carboxylic acids is 1. The molecule has 1 fully saturated rings. The molecule has 0 saturated carbocycles. The van der Waals surface area contributed by atoms with Crippen molar-refractivity contribution in [3.05, 3.63) is 18.2 Å². The number of benzene rings is 1. The standard InChI is InChI=1S/C16H22N2O5S/c1-2-3-4-15-16(19)17-13-11-12(5-6-14(13)23-15)24(20,21)18-7-9-22-10-8-18/h5-6,11,15H,2-4,7-10H2,1H3,(H,17,19)/t15-/m1/s1. The maximum absolute atomic E-state index is 12.7. The largest absolute Gasteiger partial charge is 0.478 e. The van der Waals surface area contributed by atoms with Crippen LogP contribution in [0.5, 0.6) is 5.75 Å². The van der Waals surface area contributed by atoms with E-state index < -0.39 is 16.1 Å². The second kappa shape index (κ2) is 7.08. The molecular weight excluding hydrogens is 332 g/mol. The summed E-state index contributed by atoms with van der Waals surface area (Å²) >= 11 is 0. The van der Waals surface area contributed by atoms with Gasteiger partial charge in [-0.2, -0.15) is 4.31 Å². The number of sulfonamides is 1. The number of amides is 1. The first-order valence-corrected chi connectivity index (χ1v) is 9.66. The van der Waals surface area contributed by atoms with E-state index >= 15 is 0 Å². The van der Waals surface area contributed by atoms with Crippen LogP contribution in [-0.2, 0) is 19.6 Å². The number of rotatable bonds is 5. The molecule has 1 amide bonds. The summed E-state index contributed by atoms with van der Waals surface area (Å²) in [6.07, 6.45) is 2.02. The summed E-state index contributed by atoms with van der Waals surface area (Å²) in [7, 11) is -3.59. The first-order chi connectivity index (χ1) is 11.5. The van der Waals surface area contributed by atoms with Crippen molar-refractivity contribution in [1.82, 2.24) is 4.31 Å². The van der Waals surface area contributed by atoms with Crippen LogP contribution in [0.15, 0.2) is 23.1 Å². The van der Waals surface area contributed by atoms with Gasteiger partial charge in [-0.05, 0) is 31.0 Å². The smallest absolute Gasteiger partial charge is 0.265 e. The molecule has 0 spiro atoms. The molecule has 0 unspecified atom stereocenters. The molecule has 0 bridgehead atoms. The normalized spacial score (nSPS) is 21.7. The van der Waals surface area contributed by atoms with E-state index in [1.54, 1.807) is 6.07 Å². The van der Waals surface area contributed by atoms with Gasteiger partial charge in [0.15, 0.2) is 6.10 Å². The number of anilines is 1. The Labute approximate surface area is 142 Å². The highest BCUT2D eigenvalue weighted by molar-refractivity contribution is 7.89. The maximum Gasteiger partial charge on any atom is 0.265 e. The van der Waals surface area contributed by atoms with Crippen LogP contribution in [0.2, 0.25) is 0 Å². The molecule has 1 atom stereocenters. The van der Waals surface area contributed by atoms with Crippen molar-refractivity contribution in [3.63, 3.8) is 0 Å². The Bertz CT molecular complexity index is 713. The lowest BCUT2D eigenvalue weighted by Gasteiger charge is -2.28. The second-order valence-electron chi connectivity index (χ2n) is 5.91. The summed E-state index contributed by atoms with van der Waals surface area (Å²) in [5, 5.41) is 2.76. The van der Waals surface area contributed by atoms with Crippen LogP contribution < -0.4 is 10.1 Å². The van der Waals surface area contributed by atoms with Crippen LogP contribution in [0, 0.1) is 0 Å². The third-order valence-electron chi connectivity index (χ3n) is 4.20. The van der Waals surface area contributed by atoms with Gasteiger partial charge in [-0.15, -0.1) is 0 Å². The van der Waals surface area contributed by atoms with E-state index in [2.05, 4.69) is 12.2 Å². The highest BCUT2D eigenvalue weighted by atomic mass is 32.2. The quantitative estimate of drug-likeness (QED) is 0.868. The lowest BCUT2D eigenvalue weighted by Crippen LogP contribution is -2.41. The molecule has 1 N–H and O–H groups in total. The molecule has 0 aliphatic carbocycles. The molecule has 3 rings (SSSR count). The van der Waals surface area contributed by atoms with Crippen molar-refractivity contribution < 1.29 is 22.7 Å². The highest BCUT2D eigenvalue weighted by Gasteiger charge is 2.31. The van der Waals surface area contributed by atoms with E-state index in [1.807, 2.05) is 0 Å². The lowest BCUT2D eigenvalue weighted by molar-refractivity contribution is -0.123. The van der Waals surface area contributed by atoms with Crippen LogP contribution in [0.4, 0.5) is 5.69 Å². The number of fused-ring (bicyclic) bond motifs is 1. The van der Waals surface area contributed by atoms with E-state index in [9.17, 15) is 13.2 Å². The van der Waals surface area contributed by atoms with Gasteiger partial charge < -0.3 is 14.8 Å². The summed E-state index contributed by atoms with van der Waals surface area (Å²) in [6, 6.07) is 4.60. The SMILES string of the molecule is CCCC[C@H]1Oc2ccc(S(=O)(=O)N3CCOCC3)cc2NC1=O. The zero-order chi connectivity index (χ0) is 17.2. The summed E-state index contributed by atoms with van der Waals surface area (Å²) in [5.74, 6) is 0.286. The minimum Gasteiger partial charge on any atom is -0.478 e. The van der Waals surface area contributed by atoms with Crippen molar-refractivity contribution in [3.8, 4) is 5.75 Å². The number of unbranched alkanes of at least 4 members (excludes halogenated alkanes) is 1. The Morgan fingerprint density at radius 2 is 2.04 bits per heavy atom. The predicted molar refractivity (Wildman–Crippen MR) is 88.6 cm³/mol. The molecule has 132 valence electrons. The van der Waals surface area contributed by atoms with Crippen LogP contribution in [0.3, 0.4) is 0 Å². The van der Waals surface area contributed by atoms with Gasteiger partial charge in [0.1, 0.15) is 5.75 Å². The van der Waals surface area contributed by atoms with Crippen LogP contribution in [0.1, 0.15) is 26.2 Å². The monoisotopic (exact) mass is 354 g/mol. The number of hydrogen-bond donors (Lipinski definition) is 1. The Morgan fingerprint density at radius 1 is 1.29 bits per heavy atom. The third-order valence-corrected chi connectivity index (χ3v) is 6.09. The zero-order valence-corrected chi connectivity index (χ0v) is 14.5. The Morgan fingerprint density at radius 3 is 2.75 bits per heavy atom. The van der Waals surface area contributed by atoms with Gasteiger partial charge in [0.05, 0.1) is 23.8 Å². The summed E-state index contributed by atoms with van der Waals surface area (Å²) < 4.78 is 37.7. The van der Waals surface area contributed by atoms with Gasteiger partial charge >= 0.3 is 0 Å². The first-order valence-electron chi connectivity index (χ1n) is 8.22. The van der Waals surface area contributed by atoms with E-state index in [0.717, 1.165) is 12.8 Å². The van der Waals surface area contributed by atoms with E-state index in [1.165, 1.54) is 16.4 Å². The second-order valence-corrected chi connectivity index (χ2v) is 7.85. The minimum atomic E-state index is -3.59. The molecule has 2 aliphatic rings. The third kappa shape index (κ3) is 3.40. The minimum absolute atomic E-state index is 0.152. The maximum atomic E-state index is 12.7. The highest BCUT2D eigenvalue weighted by Crippen LogP contribution is 2.33. The Kier molecular flexibility index (Phi) is 5.07. The zero-order valence-electron chi connectivity index (χ0n) is 13.7. The summed E-state index contributed by atoms with van der Waals surface area (Å²) in [5.41, 5.74) is 0.405. The van der Waals surface area contributed by atoms with Crippen molar-refractivity contribution in [1.29, 1.82) is 0 Å². The van der Waals surface area contributed by atoms with Crippen molar-refractivity contribution in [2.75, 3.05) is 31.6 Å². The molecular formula is C16H22N2O5S. The molecule has 8 heteroatoms. The average Bonchev–Trinajstić information content (AvgIpc) is 2.60. The number of hydrogen-bond acceptors (Lipinski definition) is 5. The summed E-state index contributed by atoms with van der Waals surface area (Å²) in [4.78, 5) is 12.3. The molecule has 2 aliphatic heterocycles. The first kappa shape index (κ1) is 17.2. The fourth-order valence-corrected chi connectivity index (χ4v) is 4.24. The Hall–Kier alpha value is -1.64. The van der Waals surface area contributed by atoms with Crippen LogP contribution in [0.25, 0.3) is 0 Å². The lowest BCUT2D eigenvalue weighted by atomic mass is 10.1. The van der Waals surface area contributed by atoms with E-state index in [0.29, 0.717) is 44.2 Å². The van der Waals surface area contributed by atoms with Crippen molar-refractivity contribution in [2.24, 2.45) is 0 Å². The van der Waals surface area contributed by atoms with Gasteiger partial charge in [0.2, 0.25) is 10.0 Å². The number of ether oxygens (including phenoxy) is 2. The van der Waals surface area contributed by atoms with Crippen molar-refractivity contribution >= 4 is 21.6 Å².